The summed E-state index contributed by atoms with van der Waals surface area (Å²) in [4.78, 5) is 22.8. The highest BCUT2D eigenvalue weighted by atomic mass is 16.5. The van der Waals surface area contributed by atoms with Gasteiger partial charge in [0.25, 0.3) is 0 Å². The van der Waals surface area contributed by atoms with E-state index >= 15 is 0 Å². The van der Waals surface area contributed by atoms with Crippen LogP contribution in [0.4, 0.5) is 0 Å². The minimum Gasteiger partial charge on any atom is -0.507 e. The number of benzene rings is 2. The summed E-state index contributed by atoms with van der Waals surface area (Å²) in [5.74, 6) is -0.908. The lowest BCUT2D eigenvalue weighted by Gasteiger charge is -2.11. The third kappa shape index (κ3) is 4.04. The highest BCUT2D eigenvalue weighted by Gasteiger charge is 2.14. The normalized spacial score (nSPS) is 10.2. The van der Waals surface area contributed by atoms with Gasteiger partial charge in [0.15, 0.2) is 0 Å². The van der Waals surface area contributed by atoms with E-state index < -0.39 is 11.9 Å². The molecular formula is C18H18O6. The fourth-order valence-electron chi connectivity index (χ4n) is 2.30. The Labute approximate surface area is 139 Å². The summed E-state index contributed by atoms with van der Waals surface area (Å²) in [5, 5.41) is 20.2. The summed E-state index contributed by atoms with van der Waals surface area (Å²) in [6.45, 7) is 0. The Balaban J connectivity index is 2.42. The van der Waals surface area contributed by atoms with Crippen LogP contribution in [-0.2, 0) is 31.9 Å². The van der Waals surface area contributed by atoms with Gasteiger partial charge in [-0.3, -0.25) is 9.59 Å². The molecule has 0 aliphatic rings. The van der Waals surface area contributed by atoms with Gasteiger partial charge in [-0.2, -0.15) is 0 Å². The third-order valence-corrected chi connectivity index (χ3v) is 3.56. The van der Waals surface area contributed by atoms with Crippen molar-refractivity contribution < 1.29 is 29.3 Å². The molecule has 0 fully saturated rings. The van der Waals surface area contributed by atoms with Crippen molar-refractivity contribution in [2.45, 2.75) is 12.8 Å². The Bertz CT molecular complexity index is 701. The first-order valence-corrected chi connectivity index (χ1v) is 7.22. The Morgan fingerprint density at radius 2 is 1.17 bits per heavy atom. The Hall–Kier alpha value is -3.02. The average Bonchev–Trinajstić information content (AvgIpc) is 2.58. The largest absolute Gasteiger partial charge is 0.507 e. The Kier molecular flexibility index (Phi) is 5.42. The lowest BCUT2D eigenvalue weighted by molar-refractivity contribution is -0.140. The molecular weight excluding hydrogens is 312 g/mol. The van der Waals surface area contributed by atoms with Gasteiger partial charge in [0, 0.05) is 11.1 Å². The number of rotatable bonds is 5. The van der Waals surface area contributed by atoms with E-state index in [1.807, 2.05) is 0 Å². The molecule has 2 aromatic carbocycles. The number of carbonyl (C=O) groups excluding carboxylic acids is 2. The quantitative estimate of drug-likeness (QED) is 0.816. The van der Waals surface area contributed by atoms with Crippen LogP contribution in [0.15, 0.2) is 36.4 Å². The predicted molar refractivity (Wildman–Crippen MR) is 86.6 cm³/mol. The zero-order chi connectivity index (χ0) is 17.7. The third-order valence-electron chi connectivity index (χ3n) is 3.56. The number of aromatic hydroxyl groups is 2. The van der Waals surface area contributed by atoms with Crippen LogP contribution in [0, 0.1) is 0 Å². The van der Waals surface area contributed by atoms with Crippen LogP contribution in [0.1, 0.15) is 11.1 Å². The number of carbonyl (C=O) groups is 2. The first-order chi connectivity index (χ1) is 11.4. The van der Waals surface area contributed by atoms with E-state index in [1.54, 1.807) is 24.3 Å². The molecule has 0 aliphatic heterocycles. The molecule has 0 aliphatic carbocycles. The van der Waals surface area contributed by atoms with E-state index in [0.29, 0.717) is 22.3 Å². The van der Waals surface area contributed by atoms with Gasteiger partial charge in [0.1, 0.15) is 11.5 Å². The summed E-state index contributed by atoms with van der Waals surface area (Å²) >= 11 is 0. The van der Waals surface area contributed by atoms with Crippen LogP contribution in [-0.4, -0.2) is 36.4 Å². The molecule has 0 saturated heterocycles. The molecule has 24 heavy (non-hydrogen) atoms. The summed E-state index contributed by atoms with van der Waals surface area (Å²) in [7, 11) is 2.59. The molecule has 126 valence electrons. The summed E-state index contributed by atoms with van der Waals surface area (Å²) in [6, 6.07) is 9.29. The van der Waals surface area contributed by atoms with Gasteiger partial charge in [-0.05, 0) is 35.4 Å². The van der Waals surface area contributed by atoms with Crippen molar-refractivity contribution in [2.24, 2.45) is 0 Å². The van der Waals surface area contributed by atoms with Crippen molar-refractivity contribution >= 4 is 11.9 Å². The van der Waals surface area contributed by atoms with Crippen molar-refractivity contribution in [1.29, 1.82) is 0 Å². The molecule has 0 radical (unpaired) electrons. The van der Waals surface area contributed by atoms with E-state index in [0.717, 1.165) is 0 Å². The lowest BCUT2D eigenvalue weighted by Crippen LogP contribution is -2.05. The monoisotopic (exact) mass is 330 g/mol. The maximum absolute atomic E-state index is 11.4. The van der Waals surface area contributed by atoms with E-state index in [2.05, 4.69) is 9.47 Å². The number of phenolic OH excluding ortho intramolecular Hbond substituents is 2. The molecule has 0 bridgehead atoms. The van der Waals surface area contributed by atoms with E-state index in [9.17, 15) is 19.8 Å². The van der Waals surface area contributed by atoms with Gasteiger partial charge in [-0.1, -0.05) is 12.1 Å². The first-order valence-electron chi connectivity index (χ1n) is 7.22. The lowest BCUT2D eigenvalue weighted by atomic mass is 9.97. The van der Waals surface area contributed by atoms with Crippen LogP contribution in [0.25, 0.3) is 11.1 Å². The van der Waals surface area contributed by atoms with Gasteiger partial charge in [-0.25, -0.2) is 0 Å². The van der Waals surface area contributed by atoms with Gasteiger partial charge in [0.05, 0.1) is 27.1 Å². The molecule has 6 nitrogen and oxygen atoms in total. The fourth-order valence-corrected chi connectivity index (χ4v) is 2.30. The fraction of sp³-hybridized carbons (Fsp3) is 0.222. The van der Waals surface area contributed by atoms with Crippen molar-refractivity contribution in [1.82, 2.24) is 0 Å². The second kappa shape index (κ2) is 7.50. The molecule has 2 aromatic rings. The van der Waals surface area contributed by atoms with Crippen molar-refractivity contribution in [3.8, 4) is 22.6 Å². The molecule has 2 rings (SSSR count). The predicted octanol–water partition coefficient (Wildman–Crippen LogP) is 2.20. The number of phenols is 2. The van der Waals surface area contributed by atoms with Crippen molar-refractivity contribution in [3.63, 3.8) is 0 Å². The molecule has 0 saturated carbocycles. The van der Waals surface area contributed by atoms with E-state index in [1.165, 1.54) is 26.4 Å². The maximum atomic E-state index is 11.4. The second-order valence-corrected chi connectivity index (χ2v) is 5.21. The zero-order valence-electron chi connectivity index (χ0n) is 13.4. The van der Waals surface area contributed by atoms with Crippen LogP contribution in [0.5, 0.6) is 11.5 Å². The van der Waals surface area contributed by atoms with E-state index in [-0.39, 0.29) is 24.3 Å². The van der Waals surface area contributed by atoms with Crippen LogP contribution in [0.3, 0.4) is 0 Å². The molecule has 6 heteroatoms. The molecule has 0 amide bonds. The highest BCUT2D eigenvalue weighted by molar-refractivity contribution is 5.80. The number of methoxy groups -OCH3 is 2. The number of hydrogen-bond donors (Lipinski definition) is 2. The highest BCUT2D eigenvalue weighted by Crippen LogP contribution is 2.36. The smallest absolute Gasteiger partial charge is 0.309 e. The number of esters is 2. The van der Waals surface area contributed by atoms with Gasteiger partial charge < -0.3 is 19.7 Å². The van der Waals surface area contributed by atoms with Crippen LogP contribution in [0.2, 0.25) is 0 Å². The van der Waals surface area contributed by atoms with Crippen molar-refractivity contribution in [2.75, 3.05) is 14.2 Å². The molecule has 0 unspecified atom stereocenters. The minimum atomic E-state index is -0.407. The minimum absolute atomic E-state index is 0.0471. The molecule has 0 spiro atoms. The van der Waals surface area contributed by atoms with Crippen LogP contribution >= 0.6 is 0 Å². The van der Waals surface area contributed by atoms with Gasteiger partial charge in [-0.15, -0.1) is 0 Å². The maximum Gasteiger partial charge on any atom is 0.309 e. The number of hydrogen-bond acceptors (Lipinski definition) is 6. The van der Waals surface area contributed by atoms with Crippen molar-refractivity contribution in [3.05, 3.63) is 47.5 Å². The molecule has 0 atom stereocenters. The Morgan fingerprint density at radius 3 is 1.50 bits per heavy atom. The summed E-state index contributed by atoms with van der Waals surface area (Å²) < 4.78 is 9.25. The zero-order valence-corrected chi connectivity index (χ0v) is 13.4. The molecule has 0 aromatic heterocycles. The van der Waals surface area contributed by atoms with Gasteiger partial charge >= 0.3 is 11.9 Å². The standard InChI is InChI=1S/C18H18O6/c1-23-17(21)9-11-3-5-15(19)13(7-11)14-8-12(4-6-16(14)20)10-18(22)24-2/h3-8,19-20H,9-10H2,1-2H3. The topological polar surface area (TPSA) is 93.1 Å². The number of ether oxygens (including phenoxy) is 2. The summed E-state index contributed by atoms with van der Waals surface area (Å²) in [6.07, 6.45) is 0.0960. The first kappa shape index (κ1) is 17.3. The second-order valence-electron chi connectivity index (χ2n) is 5.21. The molecule has 2 N–H and O–H groups in total. The SMILES string of the molecule is COC(=O)Cc1ccc(O)c(-c2cc(CC(=O)OC)ccc2O)c1. The molecule has 0 heterocycles. The van der Waals surface area contributed by atoms with E-state index in [4.69, 9.17) is 0 Å². The van der Waals surface area contributed by atoms with Crippen LogP contribution < -0.4 is 0 Å². The average molecular weight is 330 g/mol. The Morgan fingerprint density at radius 1 is 0.792 bits per heavy atom. The summed E-state index contributed by atoms with van der Waals surface area (Å²) in [5.41, 5.74) is 1.99. The van der Waals surface area contributed by atoms with Gasteiger partial charge in [0.2, 0.25) is 0 Å².